The molecule has 0 aliphatic heterocycles. The Kier molecular flexibility index (Phi) is 6.36. The lowest BCUT2D eigenvalue weighted by atomic mass is 10.2. The second kappa shape index (κ2) is 8.77. The van der Waals surface area contributed by atoms with Gasteiger partial charge in [-0.05, 0) is 55.8 Å². The van der Waals surface area contributed by atoms with Gasteiger partial charge in [0.25, 0.3) is 0 Å². The third-order valence-corrected chi connectivity index (χ3v) is 6.16. The van der Waals surface area contributed by atoms with Crippen LogP contribution in [0.15, 0.2) is 65.8 Å². The third-order valence-electron chi connectivity index (χ3n) is 4.35. The number of sulfonamides is 1. The molecule has 0 saturated carbocycles. The maximum atomic E-state index is 12.4. The van der Waals surface area contributed by atoms with Gasteiger partial charge in [-0.2, -0.15) is 4.72 Å². The van der Waals surface area contributed by atoms with Crippen molar-refractivity contribution in [3.63, 3.8) is 0 Å². The van der Waals surface area contributed by atoms with Gasteiger partial charge in [0.1, 0.15) is 5.82 Å². The normalized spacial score (nSPS) is 12.5. The molecule has 7 nitrogen and oxygen atoms in total. The van der Waals surface area contributed by atoms with Crippen molar-refractivity contribution in [1.82, 2.24) is 14.3 Å². The summed E-state index contributed by atoms with van der Waals surface area (Å²) in [5, 5.41) is 3.15. The largest absolute Gasteiger partial charge is 0.331 e. The summed E-state index contributed by atoms with van der Waals surface area (Å²) in [6.07, 6.45) is 3.65. The van der Waals surface area contributed by atoms with E-state index in [4.69, 9.17) is 11.6 Å². The second-order valence-electron chi connectivity index (χ2n) is 6.59. The van der Waals surface area contributed by atoms with Crippen molar-refractivity contribution in [3.8, 4) is 0 Å². The van der Waals surface area contributed by atoms with Gasteiger partial charge in [0.05, 0.1) is 10.9 Å². The van der Waals surface area contributed by atoms with E-state index in [0.29, 0.717) is 17.3 Å². The Labute approximate surface area is 174 Å². The Morgan fingerprint density at radius 1 is 1.14 bits per heavy atom. The van der Waals surface area contributed by atoms with E-state index >= 15 is 0 Å². The van der Waals surface area contributed by atoms with Crippen LogP contribution in [0.1, 0.15) is 18.3 Å². The highest BCUT2D eigenvalue weighted by Gasteiger charge is 2.22. The molecule has 0 radical (unpaired) electrons. The van der Waals surface area contributed by atoms with Crippen LogP contribution in [0.2, 0.25) is 5.02 Å². The van der Waals surface area contributed by atoms with E-state index in [9.17, 15) is 13.2 Å². The number of benzene rings is 2. The average Bonchev–Trinajstić information content (AvgIpc) is 3.08. The summed E-state index contributed by atoms with van der Waals surface area (Å²) in [6, 6.07) is 12.1. The van der Waals surface area contributed by atoms with Gasteiger partial charge in [-0.15, -0.1) is 0 Å². The third kappa shape index (κ3) is 5.44. The van der Waals surface area contributed by atoms with Crippen LogP contribution in [-0.2, 0) is 21.4 Å². The molecule has 0 fully saturated rings. The quantitative estimate of drug-likeness (QED) is 0.599. The number of nitrogens with zero attached hydrogens (tertiary/aromatic N) is 2. The predicted molar refractivity (Wildman–Crippen MR) is 112 cm³/mol. The van der Waals surface area contributed by atoms with Crippen LogP contribution in [-0.4, -0.2) is 29.9 Å². The molecule has 0 aliphatic rings. The number of aromatic nitrogens is 2. The lowest BCUT2D eigenvalue weighted by Crippen LogP contribution is -2.41. The van der Waals surface area contributed by atoms with Crippen LogP contribution in [0.3, 0.4) is 0 Å². The minimum atomic E-state index is -3.83. The van der Waals surface area contributed by atoms with Gasteiger partial charge >= 0.3 is 0 Å². The Morgan fingerprint density at radius 3 is 2.38 bits per heavy atom. The number of carbonyl (C=O) groups is 1. The molecule has 1 amide bonds. The fourth-order valence-corrected chi connectivity index (χ4v) is 4.01. The molecule has 9 heteroatoms. The molecule has 0 unspecified atom stereocenters. The summed E-state index contributed by atoms with van der Waals surface area (Å²) in [6.45, 7) is 4.09. The number of hydrogen-bond donors (Lipinski definition) is 2. The molecule has 1 heterocycles. The summed E-state index contributed by atoms with van der Waals surface area (Å²) < 4.78 is 29.2. The zero-order chi connectivity index (χ0) is 21.0. The van der Waals surface area contributed by atoms with Crippen molar-refractivity contribution in [2.45, 2.75) is 31.3 Å². The van der Waals surface area contributed by atoms with Gasteiger partial charge in [-0.25, -0.2) is 13.4 Å². The number of rotatable bonds is 7. The Bertz CT molecular complexity index is 1090. The fraction of sp³-hybridized carbons (Fsp3) is 0.200. The standard InChI is InChI=1S/C20H21ClN4O3S/c1-14(24-29(27,28)19-9-5-17(21)6-10-19)20(26)23-18-7-3-16(4-8-18)13-25-12-11-22-15(25)2/h3-12,14,24H,13H2,1-2H3,(H,23,26)/t14-/m0/s1. The number of imidazole rings is 1. The molecule has 1 aromatic heterocycles. The van der Waals surface area contributed by atoms with Crippen molar-refractivity contribution in [2.75, 3.05) is 5.32 Å². The van der Waals surface area contributed by atoms with Crippen molar-refractivity contribution in [1.29, 1.82) is 0 Å². The molecular formula is C20H21ClN4O3S. The van der Waals surface area contributed by atoms with E-state index in [-0.39, 0.29) is 4.90 Å². The van der Waals surface area contributed by atoms with Crippen molar-refractivity contribution in [2.24, 2.45) is 0 Å². The van der Waals surface area contributed by atoms with Crippen molar-refractivity contribution >= 4 is 33.2 Å². The first kappa shape index (κ1) is 21.0. The van der Waals surface area contributed by atoms with E-state index in [1.165, 1.54) is 31.2 Å². The highest BCUT2D eigenvalue weighted by atomic mass is 35.5. The number of carbonyl (C=O) groups excluding carboxylic acids is 1. The molecule has 3 rings (SSSR count). The molecule has 152 valence electrons. The van der Waals surface area contributed by atoms with Crippen molar-refractivity contribution < 1.29 is 13.2 Å². The first-order valence-corrected chi connectivity index (χ1v) is 10.8. The molecule has 0 bridgehead atoms. The fourth-order valence-electron chi connectivity index (χ4n) is 2.68. The zero-order valence-corrected chi connectivity index (χ0v) is 17.5. The molecule has 0 aliphatic carbocycles. The maximum Gasteiger partial charge on any atom is 0.242 e. The van der Waals surface area contributed by atoms with Gasteiger partial charge in [-0.3, -0.25) is 4.79 Å². The zero-order valence-electron chi connectivity index (χ0n) is 16.0. The maximum absolute atomic E-state index is 12.4. The predicted octanol–water partition coefficient (Wildman–Crippen LogP) is 3.20. The summed E-state index contributed by atoms with van der Waals surface area (Å²) in [5.41, 5.74) is 1.64. The molecule has 0 saturated heterocycles. The topological polar surface area (TPSA) is 93.1 Å². The first-order valence-electron chi connectivity index (χ1n) is 8.90. The van der Waals surface area contributed by atoms with E-state index in [1.807, 2.05) is 29.8 Å². The van der Waals surface area contributed by atoms with Crippen LogP contribution in [0.25, 0.3) is 0 Å². The van der Waals surface area contributed by atoms with E-state index in [1.54, 1.807) is 18.3 Å². The molecular weight excluding hydrogens is 412 g/mol. The van der Waals surface area contributed by atoms with Gasteiger partial charge in [0, 0.05) is 29.6 Å². The highest BCUT2D eigenvalue weighted by molar-refractivity contribution is 7.89. The minimum Gasteiger partial charge on any atom is -0.331 e. The lowest BCUT2D eigenvalue weighted by Gasteiger charge is -2.15. The van der Waals surface area contributed by atoms with Crippen LogP contribution in [0.5, 0.6) is 0 Å². The first-order chi connectivity index (χ1) is 13.7. The number of halogens is 1. The summed E-state index contributed by atoms with van der Waals surface area (Å²) >= 11 is 5.78. The minimum absolute atomic E-state index is 0.0423. The molecule has 0 spiro atoms. The van der Waals surface area contributed by atoms with Gasteiger partial charge in [0.2, 0.25) is 15.9 Å². The number of hydrogen-bond acceptors (Lipinski definition) is 4. The van der Waals surface area contributed by atoms with E-state index in [0.717, 1.165) is 11.4 Å². The molecule has 2 aromatic carbocycles. The van der Waals surface area contributed by atoms with Gasteiger partial charge < -0.3 is 9.88 Å². The second-order valence-corrected chi connectivity index (χ2v) is 8.74. The molecule has 3 aromatic rings. The monoisotopic (exact) mass is 432 g/mol. The summed E-state index contributed by atoms with van der Waals surface area (Å²) in [5.74, 6) is 0.463. The lowest BCUT2D eigenvalue weighted by molar-refractivity contribution is -0.117. The van der Waals surface area contributed by atoms with Crippen molar-refractivity contribution in [3.05, 3.63) is 77.3 Å². The van der Waals surface area contributed by atoms with Gasteiger partial charge in [-0.1, -0.05) is 23.7 Å². The van der Waals surface area contributed by atoms with E-state index in [2.05, 4.69) is 15.0 Å². The van der Waals surface area contributed by atoms with Gasteiger partial charge in [0.15, 0.2) is 0 Å². The van der Waals surface area contributed by atoms with Crippen LogP contribution in [0.4, 0.5) is 5.69 Å². The Hall–Kier alpha value is -2.68. The molecule has 29 heavy (non-hydrogen) atoms. The summed E-state index contributed by atoms with van der Waals surface area (Å²) in [4.78, 5) is 16.6. The molecule has 1 atom stereocenters. The Morgan fingerprint density at radius 2 is 1.79 bits per heavy atom. The number of anilines is 1. The molecule has 2 N–H and O–H groups in total. The number of aryl methyl sites for hydroxylation is 1. The van der Waals surface area contributed by atoms with E-state index < -0.39 is 22.0 Å². The van der Waals surface area contributed by atoms with Crippen LogP contribution < -0.4 is 10.0 Å². The Balaban J connectivity index is 1.60. The highest BCUT2D eigenvalue weighted by Crippen LogP contribution is 2.15. The SMILES string of the molecule is Cc1nccn1Cc1ccc(NC(=O)[C@H](C)NS(=O)(=O)c2ccc(Cl)cc2)cc1. The summed E-state index contributed by atoms with van der Waals surface area (Å²) in [7, 11) is -3.83. The smallest absolute Gasteiger partial charge is 0.242 e. The van der Waals surface area contributed by atoms with Crippen LogP contribution in [0, 0.1) is 6.92 Å². The van der Waals surface area contributed by atoms with Crippen LogP contribution >= 0.6 is 11.6 Å². The average molecular weight is 433 g/mol. The number of nitrogens with one attached hydrogen (secondary N) is 2. The number of amides is 1.